The summed E-state index contributed by atoms with van der Waals surface area (Å²) in [6, 6.07) is 3.75. The van der Waals surface area contributed by atoms with E-state index in [1.165, 1.54) is 0 Å². The Kier molecular flexibility index (Phi) is 2.19. The summed E-state index contributed by atoms with van der Waals surface area (Å²) in [5.41, 5.74) is 0. The van der Waals surface area contributed by atoms with Crippen LogP contribution in [0.2, 0.25) is 13.1 Å². The number of rotatable bonds is 1. The minimum absolute atomic E-state index is 0.180. The Labute approximate surface area is 91.2 Å². The fourth-order valence-electron chi connectivity index (χ4n) is 1.59. The molecule has 1 aromatic rings. The first-order valence-corrected chi connectivity index (χ1v) is 7.44. The van der Waals surface area contributed by atoms with Crippen LogP contribution in [-0.2, 0) is 0 Å². The summed E-state index contributed by atoms with van der Waals surface area (Å²) in [6.07, 6.45) is 0. The van der Waals surface area contributed by atoms with Crippen LogP contribution in [0.1, 0.15) is 13.8 Å². The predicted molar refractivity (Wildman–Crippen MR) is 60.6 cm³/mol. The molecular formula is C11H15O3Si. The number of hydrogen-bond acceptors (Lipinski definition) is 3. The van der Waals surface area contributed by atoms with Gasteiger partial charge in [-0.3, -0.25) is 0 Å². The highest BCUT2D eigenvalue weighted by molar-refractivity contribution is 6.70. The van der Waals surface area contributed by atoms with E-state index in [0.29, 0.717) is 11.5 Å². The van der Waals surface area contributed by atoms with E-state index in [1.54, 1.807) is 6.07 Å². The van der Waals surface area contributed by atoms with Crippen LogP contribution in [0.3, 0.4) is 0 Å². The summed E-state index contributed by atoms with van der Waals surface area (Å²) in [6.45, 7) is 8.01. The zero-order chi connectivity index (χ0) is 11.2. The molecule has 1 N–H and O–H groups in total. The van der Waals surface area contributed by atoms with Gasteiger partial charge in [-0.1, -0.05) is 18.3 Å². The molecule has 1 aromatic carbocycles. The molecule has 15 heavy (non-hydrogen) atoms. The van der Waals surface area contributed by atoms with Crippen molar-refractivity contribution in [3.05, 3.63) is 12.1 Å². The number of benzene rings is 1. The fourth-order valence-corrected chi connectivity index (χ4v) is 2.43. The van der Waals surface area contributed by atoms with Crippen LogP contribution >= 0.6 is 0 Å². The first kappa shape index (κ1) is 10.4. The first-order valence-electron chi connectivity index (χ1n) is 4.94. The number of phenolic OH excluding ortho intramolecular Hbond substituents is 1. The van der Waals surface area contributed by atoms with E-state index in [4.69, 9.17) is 9.47 Å². The maximum atomic E-state index is 9.80. The molecule has 0 fully saturated rings. The third-order valence-corrected chi connectivity index (χ3v) is 3.76. The van der Waals surface area contributed by atoms with E-state index >= 15 is 0 Å². The molecule has 0 aromatic heterocycles. The number of hydrogen-bond donors (Lipinski definition) is 1. The highest BCUT2D eigenvalue weighted by Gasteiger charge is 2.34. The third-order valence-electron chi connectivity index (χ3n) is 2.32. The molecule has 1 aliphatic heterocycles. The van der Waals surface area contributed by atoms with Crippen molar-refractivity contribution in [3.8, 4) is 17.2 Å². The lowest BCUT2D eigenvalue weighted by atomic mass is 10.3. The van der Waals surface area contributed by atoms with Crippen LogP contribution in [0, 0.1) is 0 Å². The highest BCUT2D eigenvalue weighted by atomic mass is 28.3. The quantitative estimate of drug-likeness (QED) is 0.739. The lowest BCUT2D eigenvalue weighted by molar-refractivity contribution is -0.0439. The van der Waals surface area contributed by atoms with Gasteiger partial charge in [-0.15, -0.1) is 0 Å². The molecule has 1 aliphatic rings. The molecule has 0 bridgehead atoms. The zero-order valence-electron chi connectivity index (χ0n) is 9.42. The molecule has 3 nitrogen and oxygen atoms in total. The van der Waals surface area contributed by atoms with Crippen molar-refractivity contribution >= 4 is 14.0 Å². The summed E-state index contributed by atoms with van der Waals surface area (Å²) in [4.78, 5) is 0. The Balaban J connectivity index is 2.47. The summed E-state index contributed by atoms with van der Waals surface area (Å²) in [5, 5.41) is 11.0. The van der Waals surface area contributed by atoms with Gasteiger partial charge >= 0.3 is 0 Å². The summed E-state index contributed by atoms with van der Waals surface area (Å²) in [7, 11) is -0.587. The summed E-state index contributed by atoms with van der Waals surface area (Å²) in [5.74, 6) is 0.625. The van der Waals surface area contributed by atoms with Gasteiger partial charge in [0.2, 0.25) is 11.5 Å². The molecule has 0 saturated carbocycles. The van der Waals surface area contributed by atoms with Crippen LogP contribution in [0.4, 0.5) is 0 Å². The number of aromatic hydroxyl groups is 1. The SMILES string of the molecule is C[Si](C)c1cc(O)c2c(c1)OC(C)(C)O2. The minimum Gasteiger partial charge on any atom is -0.504 e. The Hall–Kier alpha value is -1.16. The number of ether oxygens (including phenoxy) is 2. The standard InChI is InChI=1S/C11H15O3Si/c1-11(2)13-9-6-7(15(3)4)5-8(12)10(9)14-11/h5-6,12H,1-4H3. The van der Waals surface area contributed by atoms with E-state index in [2.05, 4.69) is 13.1 Å². The normalized spacial score (nSPS) is 17.1. The average molecular weight is 223 g/mol. The number of phenols is 1. The van der Waals surface area contributed by atoms with Gasteiger partial charge in [0.25, 0.3) is 0 Å². The minimum atomic E-state index is -0.674. The molecule has 2 rings (SSSR count). The second kappa shape index (κ2) is 3.17. The topological polar surface area (TPSA) is 38.7 Å². The van der Waals surface area contributed by atoms with E-state index in [0.717, 1.165) is 5.19 Å². The Bertz CT molecular complexity index is 399. The molecule has 4 heteroatoms. The van der Waals surface area contributed by atoms with E-state index in [1.807, 2.05) is 19.9 Å². The maximum Gasteiger partial charge on any atom is 0.246 e. The molecule has 0 atom stereocenters. The first-order chi connectivity index (χ1) is 6.89. The van der Waals surface area contributed by atoms with Crippen molar-refractivity contribution in [2.45, 2.75) is 32.7 Å². The maximum absolute atomic E-state index is 9.80. The molecule has 81 valence electrons. The largest absolute Gasteiger partial charge is 0.504 e. The van der Waals surface area contributed by atoms with Crippen LogP contribution in [0.15, 0.2) is 12.1 Å². The van der Waals surface area contributed by atoms with Crippen molar-refractivity contribution in [2.24, 2.45) is 0 Å². The second-order valence-electron chi connectivity index (χ2n) is 4.43. The predicted octanol–water partition coefficient (Wildman–Crippen LogP) is 1.86. The molecule has 0 spiro atoms. The molecular weight excluding hydrogens is 208 g/mol. The van der Waals surface area contributed by atoms with Gasteiger partial charge in [-0.2, -0.15) is 0 Å². The zero-order valence-corrected chi connectivity index (χ0v) is 10.4. The summed E-state index contributed by atoms with van der Waals surface area (Å²) < 4.78 is 11.1. The summed E-state index contributed by atoms with van der Waals surface area (Å²) >= 11 is 0. The molecule has 1 radical (unpaired) electrons. The van der Waals surface area contributed by atoms with Crippen molar-refractivity contribution in [1.82, 2.24) is 0 Å². The van der Waals surface area contributed by atoms with Gasteiger partial charge in [0.15, 0.2) is 11.5 Å². The molecule has 0 unspecified atom stereocenters. The fraction of sp³-hybridized carbons (Fsp3) is 0.455. The van der Waals surface area contributed by atoms with Gasteiger partial charge < -0.3 is 14.6 Å². The lowest BCUT2D eigenvalue weighted by Crippen LogP contribution is -2.29. The van der Waals surface area contributed by atoms with Crippen LogP contribution in [0.25, 0.3) is 0 Å². The van der Waals surface area contributed by atoms with Gasteiger partial charge in [0.05, 0.1) is 8.80 Å². The van der Waals surface area contributed by atoms with Crippen LogP contribution < -0.4 is 14.7 Å². The van der Waals surface area contributed by atoms with Crippen LogP contribution in [0.5, 0.6) is 17.2 Å². The monoisotopic (exact) mass is 223 g/mol. The molecule has 0 saturated heterocycles. The second-order valence-corrected chi connectivity index (χ2v) is 7.00. The third kappa shape index (κ3) is 1.81. The average Bonchev–Trinajstić information content (AvgIpc) is 2.39. The van der Waals surface area contributed by atoms with Crippen LogP contribution in [-0.4, -0.2) is 19.7 Å². The Morgan fingerprint density at radius 3 is 2.47 bits per heavy atom. The number of fused-ring (bicyclic) bond motifs is 1. The van der Waals surface area contributed by atoms with E-state index < -0.39 is 14.6 Å². The lowest BCUT2D eigenvalue weighted by Gasteiger charge is -2.16. The molecule has 0 aliphatic carbocycles. The Morgan fingerprint density at radius 1 is 1.20 bits per heavy atom. The van der Waals surface area contributed by atoms with Crippen molar-refractivity contribution in [2.75, 3.05) is 0 Å². The van der Waals surface area contributed by atoms with Gasteiger partial charge in [-0.25, -0.2) is 0 Å². The Morgan fingerprint density at radius 2 is 1.87 bits per heavy atom. The molecule has 0 amide bonds. The molecule has 1 heterocycles. The van der Waals surface area contributed by atoms with Gasteiger partial charge in [0.1, 0.15) is 0 Å². The van der Waals surface area contributed by atoms with Gasteiger partial charge in [0, 0.05) is 13.8 Å². The van der Waals surface area contributed by atoms with Gasteiger partial charge in [-0.05, 0) is 12.1 Å². The van der Waals surface area contributed by atoms with Crippen molar-refractivity contribution in [3.63, 3.8) is 0 Å². The highest BCUT2D eigenvalue weighted by Crippen LogP contribution is 2.44. The smallest absolute Gasteiger partial charge is 0.246 e. The van der Waals surface area contributed by atoms with Crippen molar-refractivity contribution in [1.29, 1.82) is 0 Å². The van der Waals surface area contributed by atoms with Crippen molar-refractivity contribution < 1.29 is 14.6 Å². The van der Waals surface area contributed by atoms with E-state index in [-0.39, 0.29) is 5.75 Å². The van der Waals surface area contributed by atoms with E-state index in [9.17, 15) is 5.11 Å².